The smallest absolute Gasteiger partial charge is 0.191 e. The molecular formula is C17H24FIN4O. The monoisotopic (exact) mass is 446 g/mol. The minimum absolute atomic E-state index is 0. The lowest BCUT2D eigenvalue weighted by atomic mass is 10.1. The van der Waals surface area contributed by atoms with Gasteiger partial charge in [0.25, 0.3) is 0 Å². The number of aromatic nitrogens is 1. The van der Waals surface area contributed by atoms with Crippen molar-refractivity contribution >= 4 is 29.9 Å². The van der Waals surface area contributed by atoms with Crippen molar-refractivity contribution in [3.8, 4) is 0 Å². The Kier molecular flexibility index (Phi) is 9.39. The number of guanidine groups is 1. The lowest BCUT2D eigenvalue weighted by Crippen LogP contribution is -2.38. The van der Waals surface area contributed by atoms with Crippen LogP contribution in [0.4, 0.5) is 4.39 Å². The van der Waals surface area contributed by atoms with Crippen molar-refractivity contribution in [3.63, 3.8) is 0 Å². The van der Waals surface area contributed by atoms with E-state index in [2.05, 4.69) is 20.2 Å². The van der Waals surface area contributed by atoms with E-state index in [1.807, 2.05) is 31.5 Å². The highest BCUT2D eigenvalue weighted by Gasteiger charge is 2.03. The van der Waals surface area contributed by atoms with Gasteiger partial charge in [0.2, 0.25) is 0 Å². The number of nitrogens with zero attached hydrogens (tertiary/aromatic N) is 2. The molecule has 0 fully saturated rings. The zero-order chi connectivity index (χ0) is 16.5. The maximum atomic E-state index is 13.4. The largest absolute Gasteiger partial charge is 0.392 e. The highest BCUT2D eigenvalue weighted by molar-refractivity contribution is 14.0. The van der Waals surface area contributed by atoms with Gasteiger partial charge in [-0.25, -0.2) is 9.38 Å². The molecule has 0 aliphatic rings. The van der Waals surface area contributed by atoms with Gasteiger partial charge in [-0.2, -0.15) is 0 Å². The van der Waals surface area contributed by atoms with E-state index < -0.39 is 5.82 Å². The number of hydrogen-bond donors (Lipinski definition) is 3. The first-order chi connectivity index (χ1) is 11.2. The Hall–Kier alpha value is -1.61. The standard InChI is InChI=1S/C17H23FN4O.HI/c1-2-19-17(20-7-10-22-8-3-4-9-22)21-12-14-5-6-16(18)15(11-14)13-23;/h3-6,8-9,11,23H,2,7,10,12-13H2,1H3,(H2,19,20,21);1H. The van der Waals surface area contributed by atoms with Crippen LogP contribution in [-0.2, 0) is 19.7 Å². The third kappa shape index (κ3) is 6.48. The van der Waals surface area contributed by atoms with Crippen molar-refractivity contribution in [2.24, 2.45) is 4.99 Å². The van der Waals surface area contributed by atoms with Crippen LogP contribution in [0.25, 0.3) is 0 Å². The Morgan fingerprint density at radius 2 is 2.00 bits per heavy atom. The molecule has 7 heteroatoms. The summed E-state index contributed by atoms with van der Waals surface area (Å²) in [7, 11) is 0. The Bertz CT molecular complexity index is 632. The van der Waals surface area contributed by atoms with E-state index in [4.69, 9.17) is 5.11 Å². The van der Waals surface area contributed by atoms with Crippen LogP contribution in [-0.4, -0.2) is 28.7 Å². The van der Waals surface area contributed by atoms with E-state index in [1.165, 1.54) is 6.07 Å². The van der Waals surface area contributed by atoms with Crippen LogP contribution in [0.1, 0.15) is 18.1 Å². The van der Waals surface area contributed by atoms with Gasteiger partial charge in [0.05, 0.1) is 13.2 Å². The molecule has 0 aliphatic carbocycles. The SMILES string of the molecule is CCNC(=NCc1ccc(F)c(CO)c1)NCCn1cccc1.I. The number of halogens is 2. The van der Waals surface area contributed by atoms with E-state index in [0.29, 0.717) is 12.1 Å². The second kappa shape index (κ2) is 11.0. The number of benzene rings is 1. The first-order valence-electron chi connectivity index (χ1n) is 7.74. The third-order valence-corrected chi connectivity index (χ3v) is 3.37. The molecule has 0 radical (unpaired) electrons. The van der Waals surface area contributed by atoms with Crippen molar-refractivity contribution < 1.29 is 9.50 Å². The summed E-state index contributed by atoms with van der Waals surface area (Å²) in [4.78, 5) is 4.49. The molecule has 24 heavy (non-hydrogen) atoms. The summed E-state index contributed by atoms with van der Waals surface area (Å²) >= 11 is 0. The Morgan fingerprint density at radius 1 is 1.25 bits per heavy atom. The van der Waals surface area contributed by atoms with Crippen LogP contribution >= 0.6 is 24.0 Å². The maximum Gasteiger partial charge on any atom is 0.191 e. The molecule has 1 aromatic carbocycles. The lowest BCUT2D eigenvalue weighted by Gasteiger charge is -2.12. The summed E-state index contributed by atoms with van der Waals surface area (Å²) in [5, 5.41) is 15.6. The topological polar surface area (TPSA) is 61.6 Å². The first kappa shape index (κ1) is 20.4. The molecule has 2 rings (SSSR count). The highest BCUT2D eigenvalue weighted by atomic mass is 127. The number of aliphatic imine (C=N–C) groups is 1. The summed E-state index contributed by atoms with van der Waals surface area (Å²) < 4.78 is 15.5. The number of aliphatic hydroxyl groups excluding tert-OH is 1. The number of rotatable bonds is 7. The Labute approximate surface area is 159 Å². The zero-order valence-electron chi connectivity index (χ0n) is 13.7. The predicted molar refractivity (Wildman–Crippen MR) is 105 cm³/mol. The lowest BCUT2D eigenvalue weighted by molar-refractivity contribution is 0.275. The van der Waals surface area contributed by atoms with E-state index in [0.717, 1.165) is 31.2 Å². The van der Waals surface area contributed by atoms with Gasteiger partial charge in [0.1, 0.15) is 5.82 Å². The first-order valence-corrected chi connectivity index (χ1v) is 7.74. The quantitative estimate of drug-likeness (QED) is 0.348. The molecule has 0 aliphatic heterocycles. The van der Waals surface area contributed by atoms with E-state index in [-0.39, 0.29) is 30.6 Å². The molecule has 3 N–H and O–H groups in total. The van der Waals surface area contributed by atoms with Gasteiger partial charge in [-0.05, 0) is 36.8 Å². The Morgan fingerprint density at radius 3 is 2.67 bits per heavy atom. The molecule has 0 bridgehead atoms. The molecule has 0 atom stereocenters. The molecule has 0 saturated carbocycles. The molecule has 0 unspecified atom stereocenters. The fourth-order valence-electron chi connectivity index (χ4n) is 2.18. The molecule has 2 aromatic rings. The average molecular weight is 446 g/mol. The van der Waals surface area contributed by atoms with Gasteiger partial charge in [0, 0.05) is 37.6 Å². The van der Waals surface area contributed by atoms with Gasteiger partial charge in [-0.1, -0.05) is 6.07 Å². The van der Waals surface area contributed by atoms with Crippen LogP contribution in [0.5, 0.6) is 0 Å². The van der Waals surface area contributed by atoms with Crippen molar-refractivity contribution in [2.45, 2.75) is 26.6 Å². The van der Waals surface area contributed by atoms with Gasteiger partial charge in [-0.15, -0.1) is 24.0 Å². The molecule has 0 amide bonds. The summed E-state index contributed by atoms with van der Waals surface area (Å²) in [6.45, 7) is 4.49. The minimum Gasteiger partial charge on any atom is -0.392 e. The van der Waals surface area contributed by atoms with Crippen molar-refractivity contribution in [3.05, 3.63) is 59.7 Å². The van der Waals surface area contributed by atoms with Crippen LogP contribution < -0.4 is 10.6 Å². The van der Waals surface area contributed by atoms with E-state index in [1.54, 1.807) is 12.1 Å². The number of aliphatic hydroxyl groups is 1. The van der Waals surface area contributed by atoms with Crippen LogP contribution in [0.3, 0.4) is 0 Å². The normalized spacial score (nSPS) is 11.0. The van der Waals surface area contributed by atoms with Crippen LogP contribution in [0.2, 0.25) is 0 Å². The van der Waals surface area contributed by atoms with E-state index >= 15 is 0 Å². The summed E-state index contributed by atoms with van der Waals surface area (Å²) in [5.74, 6) is 0.325. The average Bonchev–Trinajstić information content (AvgIpc) is 3.07. The Balaban J connectivity index is 0.00000288. The summed E-state index contributed by atoms with van der Waals surface area (Å²) in [5.41, 5.74) is 1.15. The molecule has 132 valence electrons. The maximum absolute atomic E-state index is 13.4. The van der Waals surface area contributed by atoms with Gasteiger partial charge in [-0.3, -0.25) is 0 Å². The van der Waals surface area contributed by atoms with E-state index in [9.17, 15) is 4.39 Å². The molecule has 0 spiro atoms. The van der Waals surface area contributed by atoms with Gasteiger partial charge < -0.3 is 20.3 Å². The number of hydrogen-bond acceptors (Lipinski definition) is 2. The zero-order valence-corrected chi connectivity index (χ0v) is 16.0. The van der Waals surface area contributed by atoms with Gasteiger partial charge >= 0.3 is 0 Å². The number of nitrogens with one attached hydrogen (secondary N) is 2. The fourth-order valence-corrected chi connectivity index (χ4v) is 2.18. The van der Waals surface area contributed by atoms with Crippen molar-refractivity contribution in [1.82, 2.24) is 15.2 Å². The molecule has 0 saturated heterocycles. The summed E-state index contributed by atoms with van der Waals surface area (Å²) in [6.07, 6.45) is 4.03. The molecular weight excluding hydrogens is 422 g/mol. The predicted octanol–water partition coefficient (Wildman–Crippen LogP) is 2.49. The molecule has 1 aromatic heterocycles. The minimum atomic E-state index is -0.392. The second-order valence-electron chi connectivity index (χ2n) is 5.13. The highest BCUT2D eigenvalue weighted by Crippen LogP contribution is 2.11. The fraction of sp³-hybridized carbons (Fsp3) is 0.353. The van der Waals surface area contributed by atoms with Crippen molar-refractivity contribution in [2.75, 3.05) is 13.1 Å². The van der Waals surface area contributed by atoms with Crippen molar-refractivity contribution in [1.29, 1.82) is 0 Å². The third-order valence-electron chi connectivity index (χ3n) is 3.37. The van der Waals surface area contributed by atoms with Crippen LogP contribution in [0, 0.1) is 5.82 Å². The molecule has 5 nitrogen and oxygen atoms in total. The van der Waals surface area contributed by atoms with Gasteiger partial charge in [0.15, 0.2) is 5.96 Å². The second-order valence-corrected chi connectivity index (χ2v) is 5.13. The van der Waals surface area contributed by atoms with Crippen LogP contribution in [0.15, 0.2) is 47.7 Å². The molecule has 1 heterocycles. The summed E-state index contributed by atoms with van der Waals surface area (Å²) in [6, 6.07) is 8.67.